The first kappa shape index (κ1) is 14.1. The Balaban J connectivity index is 1.98. The number of carbonyl (C=O) groups excluding carboxylic acids is 1. The predicted octanol–water partition coefficient (Wildman–Crippen LogP) is 0.971. The van der Waals surface area contributed by atoms with Gasteiger partial charge in [-0.3, -0.25) is 4.79 Å². The van der Waals surface area contributed by atoms with Crippen molar-refractivity contribution in [1.82, 2.24) is 0 Å². The van der Waals surface area contributed by atoms with E-state index in [9.17, 15) is 14.7 Å². The molecule has 1 aliphatic rings. The molecule has 0 spiro atoms. The highest BCUT2D eigenvalue weighted by atomic mass is 16.5. The number of anilines is 1. The number of hydrogen-bond acceptors (Lipinski definition) is 5. The molecule has 7 heteroatoms. The standard InChI is InChI=1S/C13H15NO6/c1-19-9-3-2-7(6-8(9)15)14-12(16)10-4-5-11(20-10)13(17)18/h2-3,6,10-11,15H,4-5H2,1H3,(H,14,16)(H,17,18). The number of benzene rings is 1. The van der Waals surface area contributed by atoms with Crippen molar-refractivity contribution in [3.8, 4) is 11.5 Å². The largest absolute Gasteiger partial charge is 0.504 e. The lowest BCUT2D eigenvalue weighted by molar-refractivity contribution is -0.150. The fourth-order valence-corrected chi connectivity index (χ4v) is 2.00. The van der Waals surface area contributed by atoms with Crippen LogP contribution < -0.4 is 10.1 Å². The highest BCUT2D eigenvalue weighted by molar-refractivity contribution is 5.95. The molecule has 3 N–H and O–H groups in total. The van der Waals surface area contributed by atoms with Crippen molar-refractivity contribution in [1.29, 1.82) is 0 Å². The van der Waals surface area contributed by atoms with Gasteiger partial charge in [0, 0.05) is 11.8 Å². The Kier molecular flexibility index (Phi) is 4.09. The minimum atomic E-state index is -1.07. The number of aromatic hydroxyl groups is 1. The van der Waals surface area contributed by atoms with Crippen LogP contribution in [0.4, 0.5) is 5.69 Å². The molecule has 0 radical (unpaired) electrons. The molecule has 7 nitrogen and oxygen atoms in total. The summed E-state index contributed by atoms with van der Waals surface area (Å²) < 4.78 is 10.0. The summed E-state index contributed by atoms with van der Waals surface area (Å²) in [4.78, 5) is 22.6. The molecule has 2 rings (SSSR count). The number of aliphatic carboxylic acids is 1. The summed E-state index contributed by atoms with van der Waals surface area (Å²) in [5.74, 6) is -1.30. The van der Waals surface area contributed by atoms with Gasteiger partial charge in [0.1, 0.15) is 6.10 Å². The minimum Gasteiger partial charge on any atom is -0.504 e. The Morgan fingerprint density at radius 2 is 2.05 bits per heavy atom. The maximum atomic E-state index is 11.9. The van der Waals surface area contributed by atoms with Gasteiger partial charge >= 0.3 is 5.97 Å². The highest BCUT2D eigenvalue weighted by Gasteiger charge is 2.34. The average Bonchev–Trinajstić information content (AvgIpc) is 2.88. The van der Waals surface area contributed by atoms with Crippen molar-refractivity contribution >= 4 is 17.6 Å². The topological polar surface area (TPSA) is 105 Å². The van der Waals surface area contributed by atoms with Crippen LogP contribution in [-0.4, -0.2) is 41.4 Å². The number of rotatable bonds is 4. The number of nitrogens with one attached hydrogen (secondary N) is 1. The molecule has 0 saturated carbocycles. The maximum Gasteiger partial charge on any atom is 0.332 e. The van der Waals surface area contributed by atoms with Gasteiger partial charge in [0.05, 0.1) is 7.11 Å². The van der Waals surface area contributed by atoms with Crippen LogP contribution in [-0.2, 0) is 14.3 Å². The molecular weight excluding hydrogens is 266 g/mol. The van der Waals surface area contributed by atoms with Crippen LogP contribution in [0.5, 0.6) is 11.5 Å². The normalized spacial score (nSPS) is 21.4. The molecule has 2 atom stereocenters. The molecule has 1 amide bonds. The minimum absolute atomic E-state index is 0.0962. The van der Waals surface area contributed by atoms with E-state index in [-0.39, 0.29) is 5.75 Å². The summed E-state index contributed by atoms with van der Waals surface area (Å²) in [6.07, 6.45) is -1.07. The summed E-state index contributed by atoms with van der Waals surface area (Å²) in [6, 6.07) is 4.43. The first-order valence-corrected chi connectivity index (χ1v) is 6.07. The van der Waals surface area contributed by atoms with Gasteiger partial charge in [-0.25, -0.2) is 4.79 Å². The lowest BCUT2D eigenvalue weighted by Crippen LogP contribution is -2.29. The number of carboxylic acid groups (broad SMARTS) is 1. The lowest BCUT2D eigenvalue weighted by Gasteiger charge is -2.12. The summed E-state index contributed by atoms with van der Waals surface area (Å²) in [5, 5.41) is 21.0. The number of amides is 1. The van der Waals surface area contributed by atoms with Crippen LogP contribution >= 0.6 is 0 Å². The SMILES string of the molecule is COc1ccc(NC(=O)C2CCC(C(=O)O)O2)cc1O. The number of carbonyl (C=O) groups is 2. The Hall–Kier alpha value is -2.28. The maximum absolute atomic E-state index is 11.9. The van der Waals surface area contributed by atoms with Gasteiger partial charge in [0.25, 0.3) is 5.91 Å². The third-order valence-electron chi connectivity index (χ3n) is 3.03. The quantitative estimate of drug-likeness (QED) is 0.759. The third-order valence-corrected chi connectivity index (χ3v) is 3.03. The average molecular weight is 281 g/mol. The van der Waals surface area contributed by atoms with Gasteiger partial charge in [-0.1, -0.05) is 0 Å². The molecule has 0 bridgehead atoms. The number of methoxy groups -OCH3 is 1. The highest BCUT2D eigenvalue weighted by Crippen LogP contribution is 2.29. The summed E-state index contributed by atoms with van der Waals surface area (Å²) in [7, 11) is 1.42. The van der Waals surface area contributed by atoms with Crippen LogP contribution in [0.25, 0.3) is 0 Å². The van der Waals surface area contributed by atoms with E-state index < -0.39 is 24.1 Å². The summed E-state index contributed by atoms with van der Waals surface area (Å²) >= 11 is 0. The molecule has 1 aromatic carbocycles. The smallest absolute Gasteiger partial charge is 0.332 e. The van der Waals surface area contributed by atoms with E-state index in [2.05, 4.69) is 5.32 Å². The van der Waals surface area contributed by atoms with Crippen molar-refractivity contribution in [2.75, 3.05) is 12.4 Å². The molecule has 1 saturated heterocycles. The number of phenolic OH excluding ortho intramolecular Hbond substituents is 1. The van der Waals surface area contributed by atoms with Crippen molar-refractivity contribution in [2.45, 2.75) is 25.0 Å². The molecular formula is C13H15NO6. The molecule has 108 valence electrons. The van der Waals surface area contributed by atoms with Crippen LogP contribution in [0.15, 0.2) is 18.2 Å². The van der Waals surface area contributed by atoms with Gasteiger partial charge in [-0.15, -0.1) is 0 Å². The molecule has 0 aliphatic carbocycles. The molecule has 2 unspecified atom stereocenters. The van der Waals surface area contributed by atoms with Crippen molar-refractivity contribution in [2.24, 2.45) is 0 Å². The number of phenols is 1. The van der Waals surface area contributed by atoms with Gasteiger partial charge < -0.3 is 25.0 Å². The van der Waals surface area contributed by atoms with E-state index in [1.807, 2.05) is 0 Å². The Morgan fingerprint density at radius 1 is 1.35 bits per heavy atom. The van der Waals surface area contributed by atoms with Gasteiger partial charge in [0.2, 0.25) is 0 Å². The van der Waals surface area contributed by atoms with E-state index in [1.54, 1.807) is 6.07 Å². The Labute approximate surface area is 115 Å². The fourth-order valence-electron chi connectivity index (χ4n) is 2.00. The van der Waals surface area contributed by atoms with Crippen LogP contribution in [0.3, 0.4) is 0 Å². The fraction of sp³-hybridized carbons (Fsp3) is 0.385. The number of carboxylic acids is 1. The molecule has 1 fully saturated rings. The molecule has 20 heavy (non-hydrogen) atoms. The third kappa shape index (κ3) is 3.00. The second kappa shape index (κ2) is 5.79. The lowest BCUT2D eigenvalue weighted by atomic mass is 10.2. The zero-order valence-electron chi connectivity index (χ0n) is 10.8. The zero-order chi connectivity index (χ0) is 14.7. The van der Waals surface area contributed by atoms with Gasteiger partial charge in [-0.2, -0.15) is 0 Å². The van der Waals surface area contributed by atoms with Crippen molar-refractivity contribution < 1.29 is 29.3 Å². The predicted molar refractivity (Wildman–Crippen MR) is 68.8 cm³/mol. The van der Waals surface area contributed by atoms with E-state index in [1.165, 1.54) is 19.2 Å². The first-order chi connectivity index (χ1) is 9.51. The zero-order valence-corrected chi connectivity index (χ0v) is 10.8. The molecule has 1 aliphatic heterocycles. The molecule has 1 aromatic rings. The van der Waals surface area contributed by atoms with Crippen LogP contribution in [0, 0.1) is 0 Å². The molecule has 0 aromatic heterocycles. The number of hydrogen-bond donors (Lipinski definition) is 3. The van der Waals surface area contributed by atoms with Crippen LogP contribution in [0.2, 0.25) is 0 Å². The summed E-state index contributed by atoms with van der Waals surface area (Å²) in [5.41, 5.74) is 0.385. The number of ether oxygens (including phenoxy) is 2. The Bertz CT molecular complexity index is 530. The second-order valence-electron chi connectivity index (χ2n) is 4.40. The van der Waals surface area contributed by atoms with E-state index in [0.29, 0.717) is 24.3 Å². The van der Waals surface area contributed by atoms with Gasteiger partial charge in [-0.05, 0) is 25.0 Å². The van der Waals surface area contributed by atoms with E-state index >= 15 is 0 Å². The van der Waals surface area contributed by atoms with Crippen molar-refractivity contribution in [3.05, 3.63) is 18.2 Å². The van der Waals surface area contributed by atoms with Crippen LogP contribution in [0.1, 0.15) is 12.8 Å². The van der Waals surface area contributed by atoms with E-state index in [0.717, 1.165) is 0 Å². The van der Waals surface area contributed by atoms with Crippen molar-refractivity contribution in [3.63, 3.8) is 0 Å². The Morgan fingerprint density at radius 3 is 2.60 bits per heavy atom. The monoisotopic (exact) mass is 281 g/mol. The first-order valence-electron chi connectivity index (χ1n) is 6.07. The second-order valence-corrected chi connectivity index (χ2v) is 4.40. The van der Waals surface area contributed by atoms with E-state index in [4.69, 9.17) is 14.6 Å². The summed E-state index contributed by atoms with van der Waals surface area (Å²) in [6.45, 7) is 0. The molecule has 1 heterocycles. The van der Waals surface area contributed by atoms with Gasteiger partial charge in [0.15, 0.2) is 17.6 Å².